The lowest BCUT2D eigenvalue weighted by Crippen LogP contribution is -2.17. The fourth-order valence-corrected chi connectivity index (χ4v) is 3.02. The molecule has 29 heavy (non-hydrogen) atoms. The van der Waals surface area contributed by atoms with E-state index in [1.165, 1.54) is 18.3 Å². The van der Waals surface area contributed by atoms with E-state index in [4.69, 9.17) is 27.9 Å². The van der Waals surface area contributed by atoms with Gasteiger partial charge in [-0.05, 0) is 76.1 Å². The molecule has 0 unspecified atom stereocenters. The van der Waals surface area contributed by atoms with E-state index >= 15 is 0 Å². The summed E-state index contributed by atoms with van der Waals surface area (Å²) in [6.07, 6.45) is 1.47. The van der Waals surface area contributed by atoms with E-state index in [2.05, 4.69) is 26.5 Å². The predicted molar refractivity (Wildman–Crippen MR) is 117 cm³/mol. The number of rotatable bonds is 5. The number of benzene rings is 3. The summed E-state index contributed by atoms with van der Waals surface area (Å²) >= 11 is 15.0. The molecule has 1 amide bonds. The molecule has 0 saturated heterocycles. The smallest absolute Gasteiger partial charge is 0.344 e. The second-order valence-corrected chi connectivity index (χ2v) is 7.44. The molecule has 3 aromatic carbocycles. The third kappa shape index (κ3) is 5.67. The molecule has 146 valence electrons. The molecule has 5 nitrogen and oxygen atoms in total. The Morgan fingerprint density at radius 2 is 1.69 bits per heavy atom. The second-order valence-electron chi connectivity index (χ2n) is 5.77. The highest BCUT2D eigenvalue weighted by Gasteiger charge is 2.11. The van der Waals surface area contributed by atoms with Gasteiger partial charge in [0.15, 0.2) is 0 Å². The molecule has 0 aromatic heterocycles. The predicted octanol–water partition coefficient (Wildman–Crippen LogP) is 5.74. The summed E-state index contributed by atoms with van der Waals surface area (Å²) in [4.78, 5) is 24.3. The minimum absolute atomic E-state index is 0.288. The molecule has 0 aliphatic heterocycles. The Morgan fingerprint density at radius 1 is 0.966 bits per heavy atom. The highest BCUT2D eigenvalue weighted by atomic mass is 79.9. The lowest BCUT2D eigenvalue weighted by molar-refractivity contribution is 0.0733. The third-order valence-corrected chi connectivity index (χ3v) is 5.18. The third-order valence-electron chi connectivity index (χ3n) is 3.75. The van der Waals surface area contributed by atoms with Crippen LogP contribution in [0.2, 0.25) is 10.0 Å². The molecule has 8 heteroatoms. The summed E-state index contributed by atoms with van der Waals surface area (Å²) in [6.45, 7) is 0. The number of hydrogen-bond donors (Lipinski definition) is 1. The molecule has 3 aromatic rings. The average Bonchev–Trinajstić information content (AvgIpc) is 2.71. The van der Waals surface area contributed by atoms with Crippen LogP contribution in [0.1, 0.15) is 26.3 Å². The van der Waals surface area contributed by atoms with Crippen molar-refractivity contribution in [1.29, 1.82) is 0 Å². The van der Waals surface area contributed by atoms with Crippen molar-refractivity contribution < 1.29 is 14.3 Å². The van der Waals surface area contributed by atoms with Crippen molar-refractivity contribution in [3.8, 4) is 5.75 Å². The van der Waals surface area contributed by atoms with E-state index < -0.39 is 11.9 Å². The lowest BCUT2D eigenvalue weighted by Gasteiger charge is -2.06. The van der Waals surface area contributed by atoms with Gasteiger partial charge in [-0.1, -0.05) is 35.3 Å². The highest BCUT2D eigenvalue weighted by Crippen LogP contribution is 2.22. The van der Waals surface area contributed by atoms with Gasteiger partial charge in [-0.25, -0.2) is 10.2 Å². The summed E-state index contributed by atoms with van der Waals surface area (Å²) in [5, 5.41) is 4.56. The summed E-state index contributed by atoms with van der Waals surface area (Å²) in [6, 6.07) is 18.2. The molecule has 0 radical (unpaired) electrons. The van der Waals surface area contributed by atoms with Gasteiger partial charge < -0.3 is 4.74 Å². The number of carbonyl (C=O) groups excluding carboxylic acids is 2. The minimum atomic E-state index is -0.465. The van der Waals surface area contributed by atoms with Gasteiger partial charge in [-0.2, -0.15) is 5.10 Å². The average molecular weight is 492 g/mol. The van der Waals surface area contributed by atoms with Crippen LogP contribution in [0.5, 0.6) is 5.75 Å². The van der Waals surface area contributed by atoms with Gasteiger partial charge in [-0.3, -0.25) is 4.79 Å². The van der Waals surface area contributed by atoms with Crippen molar-refractivity contribution >= 4 is 57.2 Å². The maximum atomic E-state index is 12.2. The van der Waals surface area contributed by atoms with Crippen LogP contribution in [0.25, 0.3) is 0 Å². The van der Waals surface area contributed by atoms with Crippen molar-refractivity contribution in [3.05, 3.63) is 97.9 Å². The lowest BCUT2D eigenvalue weighted by atomic mass is 10.2. The number of esters is 1. The van der Waals surface area contributed by atoms with Crippen molar-refractivity contribution in [2.45, 2.75) is 0 Å². The fourth-order valence-electron chi connectivity index (χ4n) is 2.28. The highest BCUT2D eigenvalue weighted by molar-refractivity contribution is 9.10. The molecule has 0 saturated carbocycles. The van der Waals surface area contributed by atoms with Gasteiger partial charge in [-0.15, -0.1) is 0 Å². The van der Waals surface area contributed by atoms with Crippen LogP contribution in [0.3, 0.4) is 0 Å². The number of carbonyl (C=O) groups is 2. The normalized spacial score (nSPS) is 10.7. The number of hydrogen-bond acceptors (Lipinski definition) is 4. The number of hydrazone groups is 1. The van der Waals surface area contributed by atoms with Crippen molar-refractivity contribution in [2.75, 3.05) is 0 Å². The van der Waals surface area contributed by atoms with Crippen LogP contribution in [0, 0.1) is 0 Å². The van der Waals surface area contributed by atoms with Crippen molar-refractivity contribution in [3.63, 3.8) is 0 Å². The number of nitrogens with zero attached hydrogens (tertiary/aromatic N) is 1. The molecular weight excluding hydrogens is 479 g/mol. The Bertz CT molecular complexity index is 1090. The minimum Gasteiger partial charge on any atom is -0.423 e. The van der Waals surface area contributed by atoms with Crippen LogP contribution in [0.15, 0.2) is 76.3 Å². The molecular formula is C21H13BrCl2N2O3. The molecule has 3 rings (SSSR count). The summed E-state index contributed by atoms with van der Waals surface area (Å²) in [5.41, 5.74) is 3.89. The first kappa shape index (κ1) is 21.0. The Hall–Kier alpha value is -2.67. The van der Waals surface area contributed by atoms with E-state index in [0.29, 0.717) is 31.9 Å². The number of amides is 1. The van der Waals surface area contributed by atoms with Crippen molar-refractivity contribution in [2.24, 2.45) is 5.10 Å². The Kier molecular flexibility index (Phi) is 7.04. The van der Waals surface area contributed by atoms with Gasteiger partial charge in [0.25, 0.3) is 5.91 Å². The molecule has 0 aliphatic carbocycles. The molecule has 0 aliphatic rings. The molecule has 0 bridgehead atoms. The van der Waals surface area contributed by atoms with Gasteiger partial charge >= 0.3 is 5.97 Å². The zero-order chi connectivity index (χ0) is 20.8. The molecule has 0 atom stereocenters. The Morgan fingerprint density at radius 3 is 2.38 bits per heavy atom. The van der Waals surface area contributed by atoms with Crippen LogP contribution in [0.4, 0.5) is 0 Å². The maximum absolute atomic E-state index is 12.2. The van der Waals surface area contributed by atoms with Gasteiger partial charge in [0.1, 0.15) is 5.75 Å². The number of nitrogens with one attached hydrogen (secondary N) is 1. The van der Waals surface area contributed by atoms with Crippen LogP contribution < -0.4 is 10.2 Å². The van der Waals surface area contributed by atoms with E-state index in [1.807, 2.05) is 6.07 Å². The van der Waals surface area contributed by atoms with Crippen LogP contribution in [-0.4, -0.2) is 18.1 Å². The van der Waals surface area contributed by atoms with Gasteiger partial charge in [0.2, 0.25) is 0 Å². The van der Waals surface area contributed by atoms with E-state index in [-0.39, 0.29) is 5.02 Å². The Balaban J connectivity index is 1.58. The largest absolute Gasteiger partial charge is 0.423 e. The van der Waals surface area contributed by atoms with Gasteiger partial charge in [0.05, 0.1) is 21.8 Å². The standard InChI is InChI=1S/C21H13BrCl2N2O3/c22-17-4-2-1-3-16(17)21(28)29-15-8-5-13(6-9-15)12-25-26-20(27)14-7-10-18(23)19(24)11-14/h1-12H,(H,26,27)/b25-12-. The van der Waals surface area contributed by atoms with Crippen LogP contribution >= 0.6 is 39.1 Å². The summed E-state index contributed by atoms with van der Waals surface area (Å²) in [5.74, 6) is -0.491. The molecule has 0 fully saturated rings. The van der Waals surface area contributed by atoms with Gasteiger partial charge in [0, 0.05) is 10.0 Å². The first-order chi connectivity index (χ1) is 13.9. The number of halogens is 3. The first-order valence-electron chi connectivity index (χ1n) is 8.29. The molecule has 0 spiro atoms. The monoisotopic (exact) mass is 490 g/mol. The molecule has 0 heterocycles. The maximum Gasteiger partial charge on any atom is 0.344 e. The zero-order valence-corrected chi connectivity index (χ0v) is 17.8. The summed E-state index contributed by atoms with van der Waals surface area (Å²) < 4.78 is 6.01. The molecule has 1 N–H and O–H groups in total. The Labute approximate surface area is 185 Å². The van der Waals surface area contributed by atoms with Crippen molar-refractivity contribution in [1.82, 2.24) is 5.43 Å². The second kappa shape index (κ2) is 9.69. The summed E-state index contributed by atoms with van der Waals surface area (Å²) in [7, 11) is 0. The first-order valence-corrected chi connectivity index (χ1v) is 9.84. The van der Waals surface area contributed by atoms with E-state index in [1.54, 1.807) is 48.5 Å². The SMILES string of the molecule is O=C(N/N=C\c1ccc(OC(=O)c2ccccc2Br)cc1)c1ccc(Cl)c(Cl)c1. The number of ether oxygens (including phenoxy) is 1. The van der Waals surface area contributed by atoms with E-state index in [0.717, 1.165) is 0 Å². The zero-order valence-electron chi connectivity index (χ0n) is 14.7. The van der Waals surface area contributed by atoms with Crippen LogP contribution in [-0.2, 0) is 0 Å². The fraction of sp³-hybridized carbons (Fsp3) is 0. The topological polar surface area (TPSA) is 67.8 Å². The van der Waals surface area contributed by atoms with E-state index in [9.17, 15) is 9.59 Å². The quantitative estimate of drug-likeness (QED) is 0.214.